The summed E-state index contributed by atoms with van der Waals surface area (Å²) in [7, 11) is -11.6. The molecule has 0 atom stereocenters. The molecule has 0 amide bonds. The van der Waals surface area contributed by atoms with Crippen LogP contribution in [0.2, 0.25) is 0 Å². The third-order valence-corrected chi connectivity index (χ3v) is 6.95. The Morgan fingerprint density at radius 3 is 2.26 bits per heavy atom. The predicted molar refractivity (Wildman–Crippen MR) is 115 cm³/mol. The van der Waals surface area contributed by atoms with Crippen molar-refractivity contribution in [2.75, 3.05) is 47.2 Å². The van der Waals surface area contributed by atoms with Crippen LogP contribution in [-0.2, 0) is 30.0 Å². The third kappa shape index (κ3) is 12.3. The van der Waals surface area contributed by atoms with E-state index in [0.717, 1.165) is 18.4 Å². The number of nitrogens with two attached hydrogens (primary N) is 1. The number of sulfonamides is 1. The summed E-state index contributed by atoms with van der Waals surface area (Å²) in [6.45, 7) is 0.0387. The van der Waals surface area contributed by atoms with E-state index >= 15 is 0 Å². The second-order valence-electron chi connectivity index (χ2n) is 6.48. The van der Waals surface area contributed by atoms with Gasteiger partial charge in [0.2, 0.25) is 27.9 Å². The van der Waals surface area contributed by atoms with Crippen LogP contribution in [0.4, 0.5) is 23.5 Å². The molecule has 19 heteroatoms. The van der Waals surface area contributed by atoms with Crippen LogP contribution in [0.3, 0.4) is 0 Å². The Balaban J connectivity index is 0.00000544. The van der Waals surface area contributed by atoms with Crippen LogP contribution >= 0.6 is 0 Å². The van der Waals surface area contributed by atoms with Gasteiger partial charge in [0.25, 0.3) is 0 Å². The Labute approximate surface area is 222 Å². The number of hydrogen-bond acceptors (Lipinski definition) is 13. The van der Waals surface area contributed by atoms with E-state index in [4.69, 9.17) is 5.73 Å². The molecule has 1 aromatic carbocycles. The van der Waals surface area contributed by atoms with Crippen molar-refractivity contribution >= 4 is 53.5 Å². The number of nitrogen functional groups attached to an aromatic ring is 1. The number of aromatic nitrogens is 3. The van der Waals surface area contributed by atoms with Gasteiger partial charge in [-0.25, -0.2) is 30.0 Å². The summed E-state index contributed by atoms with van der Waals surface area (Å²) >= 11 is 0. The first kappa shape index (κ1) is 32.6. The maximum Gasteiger partial charge on any atom is 1.00 e. The summed E-state index contributed by atoms with van der Waals surface area (Å²) in [6, 6.07) is 6.05. The number of anilines is 4. The van der Waals surface area contributed by atoms with Crippen LogP contribution < -0.4 is 58.8 Å². The Morgan fingerprint density at radius 2 is 1.65 bits per heavy atom. The summed E-state index contributed by atoms with van der Waals surface area (Å²) in [5.74, 6) is -0.810. The Hall–Kier alpha value is -1.41. The van der Waals surface area contributed by atoms with Crippen LogP contribution in [0, 0.1) is 6.07 Å². The minimum Gasteiger partial charge on any atom is -0.746 e. The van der Waals surface area contributed by atoms with E-state index in [1.165, 1.54) is 6.07 Å². The monoisotopic (exact) mass is 521 g/mol. The summed E-state index contributed by atoms with van der Waals surface area (Å²) in [5, 5.41) is 5.38. The largest absolute Gasteiger partial charge is 1.00 e. The Bertz CT molecular complexity index is 1280. The molecule has 14 nitrogen and oxygen atoms in total. The molecule has 5 N–H and O–H groups in total. The van der Waals surface area contributed by atoms with Gasteiger partial charge in [-0.2, -0.15) is 33.2 Å². The molecule has 1 heterocycles. The van der Waals surface area contributed by atoms with Crippen molar-refractivity contribution in [2.24, 2.45) is 0 Å². The molecule has 0 saturated carbocycles. The number of nitrogens with one attached hydrogen (secondary N) is 3. The van der Waals surface area contributed by atoms with Gasteiger partial charge < -0.3 is 20.9 Å². The number of benzene rings is 1. The van der Waals surface area contributed by atoms with E-state index in [2.05, 4.69) is 36.4 Å². The van der Waals surface area contributed by atoms with Crippen molar-refractivity contribution in [3.8, 4) is 0 Å². The average molecular weight is 521 g/mol. The summed E-state index contributed by atoms with van der Waals surface area (Å²) in [5.41, 5.74) is 5.71. The van der Waals surface area contributed by atoms with Crippen molar-refractivity contribution in [3.05, 3.63) is 24.3 Å². The van der Waals surface area contributed by atoms with Gasteiger partial charge in [-0.15, -0.1) is 6.07 Å². The zero-order valence-electron chi connectivity index (χ0n) is 18.8. The van der Waals surface area contributed by atoms with Crippen molar-refractivity contribution < 1.29 is 67.5 Å². The normalized spacial score (nSPS) is 11.7. The summed E-state index contributed by atoms with van der Waals surface area (Å²) < 4.78 is 81.5. The van der Waals surface area contributed by atoms with E-state index in [1.807, 2.05) is 0 Å². The first-order valence-corrected chi connectivity index (χ1v) is 14.0. The van der Waals surface area contributed by atoms with Crippen molar-refractivity contribution in [1.29, 1.82) is 0 Å². The molecule has 0 aliphatic carbocycles. The van der Waals surface area contributed by atoms with E-state index in [1.54, 1.807) is 0 Å². The number of nitrogens with zero attached hydrogens (tertiary/aromatic N) is 3. The number of hydrogen-bond donors (Lipinski definition) is 4. The summed E-state index contributed by atoms with van der Waals surface area (Å²) in [4.78, 5) is 11.2. The van der Waals surface area contributed by atoms with E-state index in [-0.39, 0.29) is 92.3 Å². The Morgan fingerprint density at radius 1 is 1.00 bits per heavy atom. The minimum atomic E-state index is -4.66. The molecule has 0 aliphatic rings. The molecule has 0 fully saturated rings. The quantitative estimate of drug-likeness (QED) is 0.0882. The molecule has 2 rings (SSSR count). The van der Waals surface area contributed by atoms with Gasteiger partial charge in [-0.1, -0.05) is 10.6 Å². The van der Waals surface area contributed by atoms with Gasteiger partial charge in [-0.3, -0.25) is 0 Å². The first-order valence-electron chi connectivity index (χ1n) is 8.89. The molecule has 0 saturated heterocycles. The fourth-order valence-electron chi connectivity index (χ4n) is 2.29. The van der Waals surface area contributed by atoms with Gasteiger partial charge in [0.1, 0.15) is 20.0 Å². The number of rotatable bonds is 12. The topological polar surface area (TPSA) is 226 Å². The van der Waals surface area contributed by atoms with Gasteiger partial charge >= 0.3 is 37.7 Å². The van der Waals surface area contributed by atoms with Crippen LogP contribution in [0.25, 0.3) is 0 Å². The molecule has 0 radical (unpaired) electrons. The second kappa shape index (κ2) is 13.6. The van der Waals surface area contributed by atoms with Crippen LogP contribution in [0.1, 0.15) is 6.42 Å². The smallest absolute Gasteiger partial charge is 0.746 e. The zero-order chi connectivity index (χ0) is 24.0. The maximum absolute atomic E-state index is 11.9. The fourth-order valence-corrected chi connectivity index (χ4v) is 4.72. The minimum absolute atomic E-state index is 0. The van der Waals surface area contributed by atoms with E-state index in [0.29, 0.717) is 0 Å². The second-order valence-corrected chi connectivity index (χ2v) is 12.0. The summed E-state index contributed by atoms with van der Waals surface area (Å²) in [6.07, 6.45) is 1.01. The van der Waals surface area contributed by atoms with Crippen molar-refractivity contribution in [1.82, 2.24) is 19.7 Å². The molecule has 34 heavy (non-hydrogen) atoms. The van der Waals surface area contributed by atoms with Gasteiger partial charge in [0.05, 0.1) is 11.5 Å². The number of sulfone groups is 1. The molecule has 0 spiro atoms. The zero-order valence-corrected chi connectivity index (χ0v) is 21.2. The first-order chi connectivity index (χ1) is 14.7. The van der Waals surface area contributed by atoms with Crippen LogP contribution in [0.5, 0.6) is 0 Å². The molecular weight excluding hydrogens is 500 g/mol. The molecule has 0 bridgehead atoms. The van der Waals surface area contributed by atoms with E-state index in [9.17, 15) is 29.8 Å². The van der Waals surface area contributed by atoms with Gasteiger partial charge in [0.15, 0.2) is 0 Å². The SMILES string of the molecule is CS(=O)(=O)CCCS(=O)(=O)NCCNc1nc(N)nc(Nc2[c-]ccc(S(=O)(=O)[O-])c2)n1.[Li+].[Li+]. The molecule has 178 valence electrons. The fraction of sp³-hybridized carbons (Fsp3) is 0.400. The Kier molecular flexibility index (Phi) is 13.1. The maximum atomic E-state index is 11.9. The average Bonchev–Trinajstić information content (AvgIpc) is 2.63. The van der Waals surface area contributed by atoms with Gasteiger partial charge in [0, 0.05) is 19.3 Å². The standard InChI is InChI=1S/C15H22N7O7S3.2Li/c1-30(23,24)8-3-9-31(25,26)18-7-6-17-14-20-13(16)21-15(22-14)19-11-4-2-5-12(10-11)32(27,28)29;;/h2,5,10,18H,3,6-9H2,1H3,(H,27,28,29)(H4,16,17,19,20,21,22);;/q-1;2*+1/p-1. The van der Waals surface area contributed by atoms with E-state index < -0.39 is 34.9 Å². The van der Waals surface area contributed by atoms with Crippen molar-refractivity contribution in [3.63, 3.8) is 0 Å². The van der Waals surface area contributed by atoms with Gasteiger partial charge in [-0.05, 0) is 6.42 Å². The third-order valence-electron chi connectivity index (χ3n) is 3.62. The van der Waals surface area contributed by atoms with Crippen LogP contribution in [0.15, 0.2) is 23.1 Å². The van der Waals surface area contributed by atoms with Crippen molar-refractivity contribution in [2.45, 2.75) is 11.3 Å². The molecular formula is C15H21Li2N7O7S3. The molecule has 2 aromatic rings. The molecule has 1 aromatic heterocycles. The predicted octanol–water partition coefficient (Wildman–Crippen LogP) is -7.32. The molecule has 0 unspecified atom stereocenters. The molecule has 0 aliphatic heterocycles. The van der Waals surface area contributed by atoms with Crippen LogP contribution in [-0.4, -0.2) is 75.6 Å².